The summed E-state index contributed by atoms with van der Waals surface area (Å²) in [6, 6.07) is 4.37. The van der Waals surface area contributed by atoms with Crippen molar-refractivity contribution in [3.05, 3.63) is 29.0 Å². The molecule has 2 aliphatic heterocycles. The van der Waals surface area contributed by atoms with E-state index in [1.165, 1.54) is 7.11 Å². The second kappa shape index (κ2) is 9.15. The number of anilines is 1. The molecule has 7 heteroatoms. The van der Waals surface area contributed by atoms with Crippen molar-refractivity contribution < 1.29 is 23.4 Å². The van der Waals surface area contributed by atoms with Gasteiger partial charge in [-0.25, -0.2) is 4.79 Å². The first-order valence-corrected chi connectivity index (χ1v) is 10.5. The number of esters is 1. The van der Waals surface area contributed by atoms with Gasteiger partial charge >= 0.3 is 5.97 Å². The molecule has 0 radical (unpaired) electrons. The van der Waals surface area contributed by atoms with Gasteiger partial charge in [-0.05, 0) is 30.9 Å². The van der Waals surface area contributed by atoms with Gasteiger partial charge in [0.2, 0.25) is 0 Å². The topological polar surface area (TPSA) is 73.2 Å². The Bertz CT molecular complexity index is 850. The molecule has 0 saturated carbocycles. The van der Waals surface area contributed by atoms with E-state index in [0.29, 0.717) is 18.2 Å². The molecular weight excluding hydrogens is 372 g/mol. The Labute approximate surface area is 171 Å². The van der Waals surface area contributed by atoms with Crippen LogP contribution < -0.4 is 5.32 Å². The molecule has 0 bridgehead atoms. The molecule has 2 aliphatic rings. The smallest absolute Gasteiger partial charge is 0.338 e. The third-order valence-electron chi connectivity index (χ3n) is 5.79. The summed E-state index contributed by atoms with van der Waals surface area (Å²) in [6.07, 6.45) is 2.64. The average Bonchev–Trinajstić information content (AvgIpc) is 3.15. The van der Waals surface area contributed by atoms with Crippen molar-refractivity contribution in [3.63, 3.8) is 0 Å². The Balaban J connectivity index is 1.71. The first kappa shape index (κ1) is 20.2. The Kier molecular flexibility index (Phi) is 6.37. The van der Waals surface area contributed by atoms with Crippen LogP contribution in [-0.4, -0.2) is 63.5 Å². The minimum atomic E-state index is -0.318. The number of benzene rings is 1. The van der Waals surface area contributed by atoms with E-state index in [2.05, 4.69) is 17.1 Å². The molecule has 1 aromatic carbocycles. The maximum atomic E-state index is 12.7. The summed E-state index contributed by atoms with van der Waals surface area (Å²) in [7, 11) is 1.43. The normalized spacial score (nSPS) is 18.8. The molecule has 0 spiro atoms. The van der Waals surface area contributed by atoms with E-state index < -0.39 is 0 Å². The van der Waals surface area contributed by atoms with Gasteiger partial charge in [0.1, 0.15) is 11.3 Å². The highest BCUT2D eigenvalue weighted by atomic mass is 16.5. The van der Waals surface area contributed by atoms with Gasteiger partial charge < -0.3 is 23.9 Å². The summed E-state index contributed by atoms with van der Waals surface area (Å²) in [5.41, 5.74) is 3.27. The van der Waals surface area contributed by atoms with E-state index in [-0.39, 0.29) is 5.97 Å². The van der Waals surface area contributed by atoms with Gasteiger partial charge in [-0.2, -0.15) is 0 Å². The molecule has 0 aliphatic carbocycles. The maximum Gasteiger partial charge on any atom is 0.338 e. The lowest BCUT2D eigenvalue weighted by molar-refractivity contribution is 0.0315. The SMILES string of the molecule is CCc1c(NC2CCOCC2)cc2oc(CN3CCOCC3)cc2c1C(=O)OC. The van der Waals surface area contributed by atoms with Crippen molar-refractivity contribution in [2.75, 3.05) is 51.9 Å². The molecule has 0 atom stereocenters. The minimum Gasteiger partial charge on any atom is -0.465 e. The van der Waals surface area contributed by atoms with Crippen molar-refractivity contribution >= 4 is 22.6 Å². The molecule has 158 valence electrons. The number of carbonyl (C=O) groups excluding carboxylic acids is 1. The molecule has 2 saturated heterocycles. The zero-order chi connectivity index (χ0) is 20.2. The standard InChI is InChI=1S/C22H30N2O5/c1-3-17-19(23-15-4-8-27-9-5-15)13-20-18(21(17)22(25)26-2)12-16(29-20)14-24-6-10-28-11-7-24/h12-13,15,23H,3-11,14H2,1-2H3. The number of rotatable bonds is 6. The fourth-order valence-corrected chi connectivity index (χ4v) is 4.23. The summed E-state index contributed by atoms with van der Waals surface area (Å²) in [5, 5.41) is 4.46. The van der Waals surface area contributed by atoms with Crippen molar-refractivity contribution in [2.45, 2.75) is 38.8 Å². The van der Waals surface area contributed by atoms with Crippen LogP contribution in [0.15, 0.2) is 16.5 Å². The van der Waals surface area contributed by atoms with E-state index in [4.69, 9.17) is 18.6 Å². The Morgan fingerprint density at radius 1 is 1.17 bits per heavy atom. The molecule has 29 heavy (non-hydrogen) atoms. The number of ether oxygens (including phenoxy) is 3. The monoisotopic (exact) mass is 402 g/mol. The van der Waals surface area contributed by atoms with E-state index in [1.54, 1.807) is 0 Å². The molecule has 2 aromatic rings. The van der Waals surface area contributed by atoms with Crippen molar-refractivity contribution in [1.29, 1.82) is 0 Å². The van der Waals surface area contributed by atoms with Crippen molar-refractivity contribution in [3.8, 4) is 0 Å². The fraction of sp³-hybridized carbons (Fsp3) is 0.591. The van der Waals surface area contributed by atoms with Gasteiger partial charge in [0.25, 0.3) is 0 Å². The highest BCUT2D eigenvalue weighted by Crippen LogP contribution is 2.34. The summed E-state index contributed by atoms with van der Waals surface area (Å²) >= 11 is 0. The first-order chi connectivity index (χ1) is 14.2. The number of furan rings is 1. The lowest BCUT2D eigenvalue weighted by Crippen LogP contribution is -2.35. The lowest BCUT2D eigenvalue weighted by atomic mass is 9.97. The van der Waals surface area contributed by atoms with Gasteiger partial charge in [0, 0.05) is 49.5 Å². The van der Waals surface area contributed by atoms with Gasteiger partial charge in [-0.3, -0.25) is 4.90 Å². The largest absolute Gasteiger partial charge is 0.465 e. The zero-order valence-corrected chi connectivity index (χ0v) is 17.3. The summed E-state index contributed by atoms with van der Waals surface area (Å²) in [5.74, 6) is 0.540. The number of methoxy groups -OCH3 is 1. The molecule has 0 unspecified atom stereocenters. The molecule has 1 aromatic heterocycles. The molecule has 0 amide bonds. The number of nitrogens with zero attached hydrogens (tertiary/aromatic N) is 1. The van der Waals surface area contributed by atoms with E-state index in [9.17, 15) is 4.79 Å². The Morgan fingerprint density at radius 3 is 2.59 bits per heavy atom. The number of nitrogens with one attached hydrogen (secondary N) is 1. The molecule has 3 heterocycles. The highest BCUT2D eigenvalue weighted by molar-refractivity contribution is 6.07. The van der Waals surface area contributed by atoms with Gasteiger partial charge in [-0.15, -0.1) is 0 Å². The van der Waals surface area contributed by atoms with Crippen molar-refractivity contribution in [2.24, 2.45) is 0 Å². The van der Waals surface area contributed by atoms with Gasteiger partial charge in [0.05, 0.1) is 32.4 Å². The van der Waals surface area contributed by atoms with Crippen LogP contribution in [0.2, 0.25) is 0 Å². The number of carbonyl (C=O) groups is 1. The molecular formula is C22H30N2O5. The Hall–Kier alpha value is -2.09. The lowest BCUT2D eigenvalue weighted by Gasteiger charge is -2.26. The van der Waals surface area contributed by atoms with Crippen molar-refractivity contribution in [1.82, 2.24) is 4.90 Å². The van der Waals surface area contributed by atoms with Crippen LogP contribution in [0.3, 0.4) is 0 Å². The number of hydrogen-bond acceptors (Lipinski definition) is 7. The first-order valence-electron chi connectivity index (χ1n) is 10.5. The second-order valence-electron chi connectivity index (χ2n) is 7.67. The minimum absolute atomic E-state index is 0.318. The van der Waals surface area contributed by atoms with Gasteiger partial charge in [0.15, 0.2) is 0 Å². The van der Waals surface area contributed by atoms with Gasteiger partial charge in [-0.1, -0.05) is 6.92 Å². The van der Waals surface area contributed by atoms with Crippen LogP contribution in [-0.2, 0) is 27.2 Å². The van der Waals surface area contributed by atoms with Crippen LogP contribution in [0, 0.1) is 0 Å². The quantitative estimate of drug-likeness (QED) is 0.744. The number of hydrogen-bond donors (Lipinski definition) is 1. The summed E-state index contributed by atoms with van der Waals surface area (Å²) < 4.78 is 22.2. The molecule has 2 fully saturated rings. The fourth-order valence-electron chi connectivity index (χ4n) is 4.23. The van der Waals surface area contributed by atoms with Crippen LogP contribution in [0.25, 0.3) is 11.0 Å². The molecule has 4 rings (SSSR count). The summed E-state index contributed by atoms with van der Waals surface area (Å²) in [6.45, 7) is 7.56. The Morgan fingerprint density at radius 2 is 1.90 bits per heavy atom. The number of morpholine rings is 1. The third-order valence-corrected chi connectivity index (χ3v) is 5.79. The molecule has 1 N–H and O–H groups in total. The number of fused-ring (bicyclic) bond motifs is 1. The van der Waals surface area contributed by atoms with Crippen LogP contribution in [0.1, 0.15) is 41.4 Å². The average molecular weight is 402 g/mol. The van der Waals surface area contributed by atoms with E-state index in [1.807, 2.05) is 12.1 Å². The third kappa shape index (κ3) is 4.42. The predicted molar refractivity (Wildman–Crippen MR) is 110 cm³/mol. The highest BCUT2D eigenvalue weighted by Gasteiger charge is 2.24. The molecule has 7 nitrogen and oxygen atoms in total. The second-order valence-corrected chi connectivity index (χ2v) is 7.67. The van der Waals surface area contributed by atoms with E-state index in [0.717, 1.165) is 86.8 Å². The maximum absolute atomic E-state index is 12.7. The van der Waals surface area contributed by atoms with Crippen LogP contribution in [0.5, 0.6) is 0 Å². The zero-order valence-electron chi connectivity index (χ0n) is 17.3. The summed E-state index contributed by atoms with van der Waals surface area (Å²) in [4.78, 5) is 15.0. The van der Waals surface area contributed by atoms with Crippen LogP contribution in [0.4, 0.5) is 5.69 Å². The van der Waals surface area contributed by atoms with Crippen LogP contribution >= 0.6 is 0 Å². The van der Waals surface area contributed by atoms with E-state index >= 15 is 0 Å². The predicted octanol–water partition coefficient (Wildman–Crippen LogP) is 3.20.